The molecule has 25 heavy (non-hydrogen) atoms. The molecule has 0 radical (unpaired) electrons. The monoisotopic (exact) mass is 341 g/mol. The SMILES string of the molecule is COCCn1c(C2CCCN2C(=O)C2CC2)nc2ccccc2c1=O. The summed E-state index contributed by atoms with van der Waals surface area (Å²) in [5, 5.41) is 0.611. The molecule has 0 spiro atoms. The summed E-state index contributed by atoms with van der Waals surface area (Å²) in [6.07, 6.45) is 3.79. The Morgan fingerprint density at radius 2 is 2.08 bits per heavy atom. The van der Waals surface area contributed by atoms with Crippen molar-refractivity contribution in [3.63, 3.8) is 0 Å². The molecule has 1 saturated heterocycles. The largest absolute Gasteiger partial charge is 0.383 e. The van der Waals surface area contributed by atoms with Crippen LogP contribution >= 0.6 is 0 Å². The van der Waals surface area contributed by atoms with Crippen LogP contribution in [0.4, 0.5) is 0 Å². The predicted molar refractivity (Wildman–Crippen MR) is 94.3 cm³/mol. The summed E-state index contributed by atoms with van der Waals surface area (Å²) in [6, 6.07) is 7.30. The molecule has 2 fully saturated rings. The lowest BCUT2D eigenvalue weighted by Crippen LogP contribution is -2.36. The number of hydrogen-bond donors (Lipinski definition) is 0. The molecule has 6 heteroatoms. The Morgan fingerprint density at radius 1 is 1.28 bits per heavy atom. The number of methoxy groups -OCH3 is 1. The Hall–Kier alpha value is -2.21. The minimum absolute atomic E-state index is 0.0524. The van der Waals surface area contributed by atoms with Crippen LogP contribution in [0.5, 0.6) is 0 Å². The molecule has 1 aromatic carbocycles. The average molecular weight is 341 g/mol. The second-order valence-electron chi connectivity index (χ2n) is 6.90. The third-order valence-electron chi connectivity index (χ3n) is 5.17. The molecule has 1 aliphatic heterocycles. The lowest BCUT2D eigenvalue weighted by atomic mass is 10.1. The van der Waals surface area contributed by atoms with Crippen LogP contribution in [-0.2, 0) is 16.1 Å². The number of likely N-dealkylation sites (tertiary alicyclic amines) is 1. The van der Waals surface area contributed by atoms with E-state index in [9.17, 15) is 9.59 Å². The van der Waals surface area contributed by atoms with Crippen LogP contribution < -0.4 is 5.56 Å². The molecule has 6 nitrogen and oxygen atoms in total. The fourth-order valence-corrected chi connectivity index (χ4v) is 3.70. The van der Waals surface area contributed by atoms with E-state index >= 15 is 0 Å². The van der Waals surface area contributed by atoms with Crippen molar-refractivity contribution >= 4 is 16.8 Å². The lowest BCUT2D eigenvalue weighted by Gasteiger charge is -2.26. The van der Waals surface area contributed by atoms with E-state index in [1.165, 1.54) is 0 Å². The summed E-state index contributed by atoms with van der Waals surface area (Å²) in [7, 11) is 1.62. The zero-order valence-corrected chi connectivity index (χ0v) is 14.5. The van der Waals surface area contributed by atoms with Gasteiger partial charge < -0.3 is 9.64 Å². The number of carbonyl (C=O) groups is 1. The van der Waals surface area contributed by atoms with Crippen LogP contribution in [0.3, 0.4) is 0 Å². The van der Waals surface area contributed by atoms with Gasteiger partial charge in [-0.1, -0.05) is 12.1 Å². The molecule has 0 N–H and O–H groups in total. The van der Waals surface area contributed by atoms with Gasteiger partial charge in [-0.15, -0.1) is 0 Å². The van der Waals surface area contributed by atoms with Crippen molar-refractivity contribution in [1.29, 1.82) is 0 Å². The zero-order valence-electron chi connectivity index (χ0n) is 14.5. The van der Waals surface area contributed by atoms with Crippen molar-refractivity contribution < 1.29 is 9.53 Å². The number of nitrogens with zero attached hydrogens (tertiary/aromatic N) is 3. The maximum atomic E-state index is 13.0. The number of amides is 1. The number of ether oxygens (including phenoxy) is 1. The summed E-state index contributed by atoms with van der Waals surface area (Å²) in [4.78, 5) is 32.4. The second kappa shape index (κ2) is 6.59. The summed E-state index contributed by atoms with van der Waals surface area (Å²) >= 11 is 0. The first-order valence-corrected chi connectivity index (χ1v) is 8.99. The van der Waals surface area contributed by atoms with Gasteiger partial charge in [0.05, 0.1) is 30.1 Å². The van der Waals surface area contributed by atoms with Crippen molar-refractivity contribution in [2.45, 2.75) is 38.3 Å². The summed E-state index contributed by atoms with van der Waals surface area (Å²) in [5.74, 6) is 1.11. The highest BCUT2D eigenvalue weighted by Gasteiger charge is 2.40. The quantitative estimate of drug-likeness (QED) is 0.836. The van der Waals surface area contributed by atoms with Crippen molar-refractivity contribution in [3.05, 3.63) is 40.4 Å². The number of fused-ring (bicyclic) bond motifs is 1. The van der Waals surface area contributed by atoms with Gasteiger partial charge in [0.15, 0.2) is 0 Å². The smallest absolute Gasteiger partial charge is 0.261 e. The van der Waals surface area contributed by atoms with Crippen LogP contribution in [0, 0.1) is 5.92 Å². The van der Waals surface area contributed by atoms with E-state index in [-0.39, 0.29) is 23.4 Å². The first kappa shape index (κ1) is 16.3. The maximum Gasteiger partial charge on any atom is 0.261 e. The van der Waals surface area contributed by atoms with Crippen molar-refractivity contribution in [1.82, 2.24) is 14.5 Å². The maximum absolute atomic E-state index is 13.0. The zero-order chi connectivity index (χ0) is 17.4. The third kappa shape index (κ3) is 2.95. The van der Waals surface area contributed by atoms with E-state index in [1.807, 2.05) is 23.1 Å². The van der Waals surface area contributed by atoms with Crippen molar-refractivity contribution in [2.75, 3.05) is 20.3 Å². The van der Waals surface area contributed by atoms with Crippen molar-refractivity contribution in [3.8, 4) is 0 Å². The highest BCUT2D eigenvalue weighted by atomic mass is 16.5. The number of rotatable bonds is 5. The summed E-state index contributed by atoms with van der Waals surface area (Å²) in [5.41, 5.74) is 0.644. The standard InChI is InChI=1S/C19H23N3O3/c1-25-12-11-22-17(20-15-6-3-2-5-14(15)19(22)24)16-7-4-10-21(16)18(23)13-8-9-13/h2-3,5-6,13,16H,4,7-12H2,1H3. The topological polar surface area (TPSA) is 64.4 Å². The van der Waals surface area contributed by atoms with Gasteiger partial charge >= 0.3 is 0 Å². The Labute approximate surface area is 146 Å². The average Bonchev–Trinajstić information content (AvgIpc) is 3.37. The fraction of sp³-hybridized carbons (Fsp3) is 0.526. The second-order valence-corrected chi connectivity index (χ2v) is 6.90. The van der Waals surface area contributed by atoms with Crippen LogP contribution in [0.15, 0.2) is 29.1 Å². The third-order valence-corrected chi connectivity index (χ3v) is 5.17. The molecule has 2 aliphatic rings. The van der Waals surface area contributed by atoms with Crippen LogP contribution in [-0.4, -0.2) is 40.6 Å². The van der Waals surface area contributed by atoms with E-state index < -0.39 is 0 Å². The first-order chi connectivity index (χ1) is 12.2. The Bertz CT molecular complexity index is 857. The van der Waals surface area contributed by atoms with Gasteiger partial charge in [-0.2, -0.15) is 0 Å². The van der Waals surface area contributed by atoms with Crippen LogP contribution in [0.25, 0.3) is 10.9 Å². The van der Waals surface area contributed by atoms with Crippen molar-refractivity contribution in [2.24, 2.45) is 5.92 Å². The Balaban J connectivity index is 1.81. The van der Waals surface area contributed by atoms with Gasteiger partial charge in [0, 0.05) is 19.6 Å². The lowest BCUT2D eigenvalue weighted by molar-refractivity contribution is -0.133. The molecule has 132 valence electrons. The summed E-state index contributed by atoms with van der Waals surface area (Å²) < 4.78 is 6.89. The molecule has 1 amide bonds. The highest BCUT2D eigenvalue weighted by Crippen LogP contribution is 2.38. The minimum atomic E-state index is -0.109. The Morgan fingerprint density at radius 3 is 2.84 bits per heavy atom. The van der Waals surface area contributed by atoms with Gasteiger partial charge in [0.2, 0.25) is 5.91 Å². The number of benzene rings is 1. The molecule has 1 atom stereocenters. The van der Waals surface area contributed by atoms with E-state index in [2.05, 4.69) is 0 Å². The van der Waals surface area contributed by atoms with E-state index in [0.717, 1.165) is 32.2 Å². The normalized spacial score (nSPS) is 20.4. The summed E-state index contributed by atoms with van der Waals surface area (Å²) in [6.45, 7) is 1.65. The molecular weight excluding hydrogens is 318 g/mol. The number of carbonyl (C=O) groups excluding carboxylic acids is 1. The van der Waals surface area contributed by atoms with E-state index in [4.69, 9.17) is 9.72 Å². The molecular formula is C19H23N3O3. The first-order valence-electron chi connectivity index (χ1n) is 8.99. The number of aromatic nitrogens is 2. The molecule has 1 saturated carbocycles. The molecule has 0 bridgehead atoms. The molecule has 1 aromatic heterocycles. The van der Waals surface area contributed by atoms with Gasteiger partial charge in [-0.25, -0.2) is 4.98 Å². The number of hydrogen-bond acceptors (Lipinski definition) is 4. The molecule has 2 aromatic rings. The molecule has 1 unspecified atom stereocenters. The van der Waals surface area contributed by atoms with Gasteiger partial charge in [0.1, 0.15) is 5.82 Å². The fourth-order valence-electron chi connectivity index (χ4n) is 3.70. The number of para-hydroxylation sites is 1. The molecule has 2 heterocycles. The van der Waals surface area contributed by atoms with Crippen LogP contribution in [0.1, 0.15) is 37.5 Å². The van der Waals surface area contributed by atoms with E-state index in [1.54, 1.807) is 17.7 Å². The van der Waals surface area contributed by atoms with Gasteiger partial charge in [0.25, 0.3) is 5.56 Å². The predicted octanol–water partition coefficient (Wildman–Crippen LogP) is 2.12. The van der Waals surface area contributed by atoms with Gasteiger partial charge in [-0.05, 0) is 37.8 Å². The Kier molecular flexibility index (Phi) is 4.29. The minimum Gasteiger partial charge on any atom is -0.383 e. The highest BCUT2D eigenvalue weighted by molar-refractivity contribution is 5.82. The molecule has 4 rings (SSSR count). The van der Waals surface area contributed by atoms with E-state index in [0.29, 0.717) is 29.9 Å². The van der Waals surface area contributed by atoms with Crippen LogP contribution in [0.2, 0.25) is 0 Å². The van der Waals surface area contributed by atoms with Gasteiger partial charge in [-0.3, -0.25) is 14.2 Å². The molecule has 1 aliphatic carbocycles.